The van der Waals surface area contributed by atoms with E-state index in [0.29, 0.717) is 65.1 Å². The van der Waals surface area contributed by atoms with Crippen molar-refractivity contribution >= 4 is 107 Å². The van der Waals surface area contributed by atoms with Crippen molar-refractivity contribution in [3.8, 4) is 66.8 Å². The Bertz CT molecular complexity index is 7410. The number of hydrogen-bond acceptors (Lipinski definition) is 3. The molecule has 9 unspecified atom stereocenters. The van der Waals surface area contributed by atoms with Gasteiger partial charge in [0.15, 0.2) is 0 Å². The highest BCUT2D eigenvalue weighted by atomic mass is 127. The number of nitrogens with zero attached hydrogens (tertiary/aromatic N) is 2. The lowest BCUT2D eigenvalue weighted by molar-refractivity contribution is 0.281. The van der Waals surface area contributed by atoms with Crippen LogP contribution in [0, 0.1) is 42.6 Å². The molecule has 0 saturated carbocycles. The van der Waals surface area contributed by atoms with E-state index in [9.17, 15) is 0 Å². The lowest BCUT2D eigenvalue weighted by Gasteiger charge is -2.46. The number of hydrogen-bond donors (Lipinski definition) is 1. The zero-order valence-electron chi connectivity index (χ0n) is 85.0. The molecule has 0 aliphatic heterocycles. The molecule has 18 aromatic carbocycles. The zero-order valence-corrected chi connectivity index (χ0v) is 90.9. The normalized spacial score (nSPS) is 17.3. The first-order valence-electron chi connectivity index (χ1n) is 52.3. The molecular formula is C143H140BrI2N3. The van der Waals surface area contributed by atoms with Crippen LogP contribution in [0.15, 0.2) is 494 Å². The molecule has 9 aliphatic carbocycles. The van der Waals surface area contributed by atoms with E-state index in [1.165, 1.54) is 132 Å². The molecule has 6 bridgehead atoms. The fourth-order valence-electron chi connectivity index (χ4n) is 23.9. The minimum absolute atomic E-state index is 0. The first-order valence-corrected chi connectivity index (χ1v) is 55.3. The third-order valence-corrected chi connectivity index (χ3v) is 33.2. The third kappa shape index (κ3) is 24.0. The van der Waals surface area contributed by atoms with E-state index in [0.717, 1.165) is 68.7 Å². The van der Waals surface area contributed by atoms with Crippen molar-refractivity contribution in [2.24, 2.45) is 35.5 Å². The summed E-state index contributed by atoms with van der Waals surface area (Å²) in [6.07, 6.45) is 13.5. The summed E-state index contributed by atoms with van der Waals surface area (Å²) in [6, 6.07) is 164. The van der Waals surface area contributed by atoms with Crippen molar-refractivity contribution < 1.29 is 0 Å². The number of rotatable bonds is 21. The SMILES string of the molecule is Brc1ccccc1.C.C.C.CC1=CC2c3c(-c4ccc(Cc5ccccc5)cc4)ccc(-c4ccc(Cc5ccccc5)cc4)c3C1CC2C(C)C.CC1=CC2c3c(-c4ccc(I)cc4)ccc(-c4ccc(I)cc4)c3C1CC2C(C)C.CC1=CC2c3c(-c4ccc(N(c5ccccc5)c5ccccc5)cc4)ccc(-c4ccc(N(c5ccccc5)c5ccccc5)cc4)c3C1CC2C(C)C.c1ccc(Nc2ccccc2)cc1. The highest BCUT2D eigenvalue weighted by Crippen LogP contribution is 2.63. The van der Waals surface area contributed by atoms with Gasteiger partial charge in [-0.15, -0.1) is 0 Å². The molecule has 27 rings (SSSR count). The van der Waals surface area contributed by atoms with Crippen LogP contribution in [0.4, 0.5) is 45.5 Å². The summed E-state index contributed by atoms with van der Waals surface area (Å²) >= 11 is 8.11. The molecule has 6 heteroatoms. The molecule has 0 spiro atoms. The Morgan fingerprint density at radius 3 is 0.678 bits per heavy atom. The van der Waals surface area contributed by atoms with E-state index >= 15 is 0 Å². The molecule has 0 radical (unpaired) electrons. The molecule has 9 aliphatic rings. The van der Waals surface area contributed by atoms with Crippen LogP contribution in [0.3, 0.4) is 0 Å². The summed E-state index contributed by atoms with van der Waals surface area (Å²) in [5.41, 5.74) is 45.0. The molecule has 0 heterocycles. The number of allylic oxidation sites excluding steroid dienone is 6. The maximum absolute atomic E-state index is 3.31. The maximum atomic E-state index is 3.31. The van der Waals surface area contributed by atoms with Gasteiger partial charge < -0.3 is 15.1 Å². The standard InChI is InChI=1S/C52H46N2.C42H40.C28H26I2.C12H11N.C6H5Br.3CH4/c1-36(2)48-35-49-37(3)34-50(48)52-47(39-26-30-45(31-27-39)54(42-20-12-6-13-21-42)43-22-14-7-15-23-43)33-32-46(51(49)52)38-24-28-44(29-25-38)53(40-16-8-4-9-17-40)41-18-10-5-11-19-41;1-28(2)38-27-39-29(3)24-40(38)42-37(35-20-16-33(17-21-35)26-31-12-8-5-9-13-31)23-22-36(41(39)42)34-18-14-32(15-19-34)25-30-10-6-4-7-11-30;1-16(2)24-15-25-17(3)14-26(24)28-23(19-6-10-21(30)11-7-19)13-12-22(27(25)28)18-4-8-20(29)9-5-18;1-3-7-11(8-4-1)13-12-9-5-2-6-10-12;7-6-4-2-1-3-5-6;;;/h4-34,36,48-50H,35H2,1-3H3;4-24,28,38-40H,25-27H2,1-3H3;4-14,16,24-26H,15H2,1-3H3;1-10,13H;1-5H;3*1H4. The molecule has 0 saturated heterocycles. The van der Waals surface area contributed by atoms with Crippen molar-refractivity contribution in [1.29, 1.82) is 0 Å². The van der Waals surface area contributed by atoms with Gasteiger partial charge >= 0.3 is 0 Å². The Kier molecular flexibility index (Phi) is 35.4. The maximum Gasteiger partial charge on any atom is 0.0462 e. The van der Waals surface area contributed by atoms with Crippen LogP contribution in [0.25, 0.3) is 66.8 Å². The van der Waals surface area contributed by atoms with Gasteiger partial charge in [0.25, 0.3) is 0 Å². The van der Waals surface area contributed by atoms with Crippen LogP contribution in [-0.4, -0.2) is 0 Å². The van der Waals surface area contributed by atoms with Crippen molar-refractivity contribution in [3.05, 3.63) is 557 Å². The number of para-hydroxylation sites is 6. The van der Waals surface area contributed by atoms with Gasteiger partial charge in [-0.3, -0.25) is 0 Å². The second-order valence-corrected chi connectivity index (χ2v) is 44.8. The van der Waals surface area contributed by atoms with Crippen LogP contribution in [0.5, 0.6) is 0 Å². The predicted octanol–water partition coefficient (Wildman–Crippen LogP) is 42.6. The largest absolute Gasteiger partial charge is 0.356 e. The molecule has 748 valence electrons. The molecule has 0 amide bonds. The van der Waals surface area contributed by atoms with E-state index in [4.69, 9.17) is 0 Å². The van der Waals surface area contributed by atoms with Crippen molar-refractivity contribution in [2.75, 3.05) is 15.1 Å². The van der Waals surface area contributed by atoms with Gasteiger partial charge in [0.05, 0.1) is 0 Å². The van der Waals surface area contributed by atoms with Crippen molar-refractivity contribution in [1.82, 2.24) is 0 Å². The Morgan fingerprint density at radius 1 is 0.242 bits per heavy atom. The van der Waals surface area contributed by atoms with E-state index in [2.05, 4.69) is 521 Å². The van der Waals surface area contributed by atoms with Gasteiger partial charge in [0.2, 0.25) is 0 Å². The van der Waals surface area contributed by atoms with E-state index < -0.39 is 0 Å². The summed E-state index contributed by atoms with van der Waals surface area (Å²) in [7, 11) is 0. The molecule has 3 nitrogen and oxygen atoms in total. The van der Waals surface area contributed by atoms with Gasteiger partial charge in [-0.1, -0.05) is 436 Å². The average Bonchev–Trinajstić information content (AvgIpc) is 0.724. The highest BCUT2D eigenvalue weighted by Gasteiger charge is 2.47. The summed E-state index contributed by atoms with van der Waals surface area (Å²) in [4.78, 5) is 4.68. The van der Waals surface area contributed by atoms with Crippen molar-refractivity contribution in [2.45, 2.75) is 152 Å². The highest BCUT2D eigenvalue weighted by molar-refractivity contribution is 14.1. The molecule has 9 atom stereocenters. The van der Waals surface area contributed by atoms with Crippen LogP contribution >= 0.6 is 61.1 Å². The Morgan fingerprint density at radius 2 is 0.443 bits per heavy atom. The average molecular weight is 2230 g/mol. The molecule has 0 aromatic heterocycles. The smallest absolute Gasteiger partial charge is 0.0462 e. The monoisotopic (exact) mass is 2230 g/mol. The van der Waals surface area contributed by atoms with Gasteiger partial charge in [-0.05, 0) is 389 Å². The lowest BCUT2D eigenvalue weighted by atomic mass is 9.58. The quantitative estimate of drug-likeness (QED) is 0.0571. The molecule has 1 N–H and O–H groups in total. The summed E-state index contributed by atoms with van der Waals surface area (Å²) in [6.45, 7) is 21.6. The second kappa shape index (κ2) is 49.3. The molecule has 149 heavy (non-hydrogen) atoms. The van der Waals surface area contributed by atoms with Crippen LogP contribution in [0.1, 0.15) is 195 Å². The topological polar surface area (TPSA) is 18.5 Å². The second-order valence-electron chi connectivity index (χ2n) is 41.4. The minimum atomic E-state index is 0. The fraction of sp³-hybridized carbons (Fsp3) is 0.203. The van der Waals surface area contributed by atoms with Crippen LogP contribution < -0.4 is 15.1 Å². The van der Waals surface area contributed by atoms with E-state index in [1.807, 2.05) is 91.0 Å². The molecule has 18 aromatic rings. The Hall–Kier alpha value is -13.5. The minimum Gasteiger partial charge on any atom is -0.356 e. The number of nitrogens with one attached hydrogen (secondary N) is 1. The first-order chi connectivity index (χ1) is 71.4. The van der Waals surface area contributed by atoms with Gasteiger partial charge in [-0.25, -0.2) is 0 Å². The van der Waals surface area contributed by atoms with Gasteiger partial charge in [0.1, 0.15) is 0 Å². The number of fused-ring (bicyclic) bond motifs is 3. The Labute approximate surface area is 925 Å². The zero-order chi connectivity index (χ0) is 100. The van der Waals surface area contributed by atoms with Crippen molar-refractivity contribution in [3.63, 3.8) is 0 Å². The predicted molar refractivity (Wildman–Crippen MR) is 662 cm³/mol. The summed E-state index contributed by atoms with van der Waals surface area (Å²) < 4.78 is 3.71. The third-order valence-electron chi connectivity index (χ3n) is 31.2. The number of halogens is 3. The first kappa shape index (κ1) is 107. The summed E-state index contributed by atoms with van der Waals surface area (Å²) in [5.74, 6) is 6.84. The lowest BCUT2D eigenvalue weighted by Crippen LogP contribution is -2.32. The van der Waals surface area contributed by atoms with Gasteiger partial charge in [0, 0.05) is 92.6 Å². The molecule has 0 fully saturated rings. The van der Waals surface area contributed by atoms with E-state index in [-0.39, 0.29) is 22.3 Å². The molecular weight excluding hydrogens is 2090 g/mol. The van der Waals surface area contributed by atoms with Gasteiger partial charge in [-0.2, -0.15) is 0 Å². The van der Waals surface area contributed by atoms with Crippen LogP contribution in [-0.2, 0) is 12.8 Å². The van der Waals surface area contributed by atoms with Crippen LogP contribution in [0.2, 0.25) is 0 Å². The fourth-order valence-corrected chi connectivity index (χ4v) is 25.0. The van der Waals surface area contributed by atoms with E-state index in [1.54, 1.807) is 33.4 Å². The summed E-state index contributed by atoms with van der Waals surface area (Å²) in [5, 5.41) is 3.30. The Balaban J connectivity index is 0.000000141. The number of benzene rings is 18. The number of anilines is 8.